The fraction of sp³-hybridized carbons (Fsp3) is 0.535. The van der Waals surface area contributed by atoms with Gasteiger partial charge in [-0.05, 0) is 73.8 Å². The molecule has 7 rings (SSSR count). The van der Waals surface area contributed by atoms with E-state index in [0.29, 0.717) is 41.7 Å². The van der Waals surface area contributed by atoms with Crippen molar-refractivity contribution in [3.05, 3.63) is 76.8 Å². The second kappa shape index (κ2) is 18.5. The van der Waals surface area contributed by atoms with E-state index in [2.05, 4.69) is 31.9 Å². The Morgan fingerprint density at radius 1 is 1.11 bits per heavy atom. The second-order valence-corrected chi connectivity index (χ2v) is 19.4. The Morgan fingerprint density at radius 3 is 2.58 bits per heavy atom. The number of benzene rings is 1. The first-order valence-corrected chi connectivity index (χ1v) is 23.5. The Balaban J connectivity index is 1.08. The number of aliphatic hydroxyl groups excluding tert-OH is 2. The second-order valence-electron chi connectivity index (χ2n) is 17.6. The number of carbonyl (C=O) groups is 6. The van der Waals surface area contributed by atoms with Gasteiger partial charge in [0.05, 0.1) is 37.0 Å². The van der Waals surface area contributed by atoms with Gasteiger partial charge < -0.3 is 54.9 Å². The van der Waals surface area contributed by atoms with E-state index in [9.17, 15) is 58.4 Å². The quantitative estimate of drug-likeness (QED) is 0.0835. The number of nitrogens with one attached hydrogen (secondary N) is 3. The van der Waals surface area contributed by atoms with Gasteiger partial charge in [-0.15, -0.1) is 0 Å². The number of carboxylic acid groups (broad SMARTS) is 1. The zero-order valence-electron chi connectivity index (χ0n) is 35.0. The van der Waals surface area contributed by atoms with E-state index in [4.69, 9.17) is 18.4 Å². The number of fused-ring (bicyclic) bond motifs is 7. The van der Waals surface area contributed by atoms with Crippen LogP contribution >= 0.6 is 23.8 Å². The van der Waals surface area contributed by atoms with Gasteiger partial charge in [0.2, 0.25) is 17.7 Å². The van der Waals surface area contributed by atoms with Crippen molar-refractivity contribution < 1.29 is 76.9 Å². The summed E-state index contributed by atoms with van der Waals surface area (Å²) in [5, 5.41) is 38.8. The summed E-state index contributed by atoms with van der Waals surface area (Å²) in [7, 11) is -5.07. The Kier molecular flexibility index (Phi) is 13.7. The largest absolute Gasteiger partial charge is 0.481 e. The highest BCUT2D eigenvalue weighted by molar-refractivity contribution is 9.09. The Morgan fingerprint density at radius 2 is 1.88 bits per heavy atom. The number of allylic oxidation sites excluding steroid dienone is 4. The van der Waals surface area contributed by atoms with Crippen molar-refractivity contribution in [3.8, 4) is 0 Å². The lowest BCUT2D eigenvalue weighted by molar-refractivity contribution is -0.201. The number of ether oxygens (including phenoxy) is 2. The van der Waals surface area contributed by atoms with Crippen molar-refractivity contribution in [2.24, 2.45) is 28.6 Å². The van der Waals surface area contributed by atoms with Gasteiger partial charge in [-0.2, -0.15) is 0 Å². The number of halogens is 1. The predicted octanol–water partition coefficient (Wildman–Crippen LogP) is 2.88. The van der Waals surface area contributed by atoms with E-state index in [1.54, 1.807) is 24.3 Å². The maximum Gasteiger partial charge on any atom is 0.470 e. The number of anilines is 1. The summed E-state index contributed by atoms with van der Waals surface area (Å²) in [5.74, 6) is -4.11. The molecular weight excluding hydrogens is 925 g/mol. The molecule has 0 radical (unpaired) electrons. The van der Waals surface area contributed by atoms with Gasteiger partial charge in [-0.1, -0.05) is 53.6 Å². The molecule has 5 aliphatic rings. The Labute approximate surface area is 375 Å². The number of phosphoric ester groups is 1. The van der Waals surface area contributed by atoms with E-state index in [1.165, 1.54) is 18.4 Å². The minimum atomic E-state index is -5.07. The minimum Gasteiger partial charge on any atom is -0.481 e. The van der Waals surface area contributed by atoms with Gasteiger partial charge >= 0.3 is 13.8 Å². The summed E-state index contributed by atoms with van der Waals surface area (Å²) in [4.78, 5) is 94.4. The SMILES string of the molecule is C[C@]12C=CC(=O)C=C1CC[C@@H]1[C@@H]2[C@@H](O)C[C@@]2(C)[C@H]1C[C@H]1O[C@@H](c3coc(Cc4ccc(NC(=O)[C@H](CCC(=O)O)NC(=O)CNC(=O)CBr)c(CO)c4)c3)O[C@]12C(=O)COP(=O)(O)O. The molecule has 3 amide bonds. The summed E-state index contributed by atoms with van der Waals surface area (Å²) in [5.41, 5.74) is -0.915. The molecule has 2 aromatic rings. The average molecular weight is 977 g/mol. The lowest BCUT2D eigenvalue weighted by Gasteiger charge is -2.59. The molecule has 346 valence electrons. The highest BCUT2D eigenvalue weighted by Gasteiger charge is 2.76. The summed E-state index contributed by atoms with van der Waals surface area (Å²) in [6, 6.07) is 5.20. The van der Waals surface area contributed by atoms with Gasteiger partial charge in [-0.25, -0.2) is 4.57 Å². The van der Waals surface area contributed by atoms with Crippen molar-refractivity contribution in [3.63, 3.8) is 0 Å². The number of amides is 3. The van der Waals surface area contributed by atoms with Crippen molar-refractivity contribution in [2.45, 2.75) is 95.5 Å². The highest BCUT2D eigenvalue weighted by Crippen LogP contribution is 2.70. The van der Waals surface area contributed by atoms with E-state index >= 15 is 0 Å². The minimum absolute atomic E-state index is 0.0454. The average Bonchev–Trinajstić information content (AvgIpc) is 3.93. The molecule has 64 heavy (non-hydrogen) atoms. The lowest BCUT2D eigenvalue weighted by Crippen LogP contribution is -2.63. The van der Waals surface area contributed by atoms with Crippen molar-refractivity contribution >= 4 is 64.7 Å². The topological polar surface area (TPSA) is 298 Å². The molecule has 0 bridgehead atoms. The van der Waals surface area contributed by atoms with Crippen LogP contribution in [0.2, 0.25) is 0 Å². The Hall–Kier alpha value is -4.37. The number of aliphatic hydroxyl groups is 2. The fourth-order valence-electron chi connectivity index (χ4n) is 11.0. The number of carboxylic acids is 1. The molecule has 19 nitrogen and oxygen atoms in total. The number of hydrogen-bond donors (Lipinski definition) is 8. The smallest absolute Gasteiger partial charge is 0.470 e. The standard InChI is InChI=1S/C43H51BrN3O16P/c1-41-10-9-26(49)14-25(41)4-5-28-29-15-34-43(33(51)21-61-64(57,58)59,42(29,2)16-32(50)38(28)41)63-40(62-34)24-13-27(60-20-24)12-22-3-6-30(23(11-22)19-48)47-39(56)31(7-8-37(54)55)46-36(53)18-45-35(52)17-44/h3,6,9-11,13-14,20,28-29,31-32,34,38,40,48,50H,4-5,7-8,12,15-19,21H2,1-2H3,(H,45,52)(H,46,53)(H,47,56)(H,54,55)(H2,57,58,59)/t28-,29-,31-,32-,34+,38+,40+,41-,42-,43+/m0/s1. The van der Waals surface area contributed by atoms with Crippen LogP contribution < -0.4 is 16.0 Å². The van der Waals surface area contributed by atoms with Crippen LogP contribution in [0.15, 0.2) is 58.7 Å². The van der Waals surface area contributed by atoms with Crippen molar-refractivity contribution in [1.82, 2.24) is 10.6 Å². The van der Waals surface area contributed by atoms with Crippen LogP contribution in [-0.4, -0.2) is 103 Å². The molecule has 10 atom stereocenters. The number of rotatable bonds is 17. The third kappa shape index (κ3) is 9.21. The predicted molar refractivity (Wildman–Crippen MR) is 226 cm³/mol. The number of alkyl halides is 1. The normalized spacial score (nSPS) is 30.9. The van der Waals surface area contributed by atoms with E-state index in [-0.39, 0.29) is 53.8 Å². The number of aliphatic carboxylic acids is 1. The maximum absolute atomic E-state index is 14.4. The first kappa shape index (κ1) is 47.6. The molecule has 1 aromatic heterocycles. The first-order chi connectivity index (χ1) is 30.2. The summed E-state index contributed by atoms with van der Waals surface area (Å²) in [6.45, 7) is 1.97. The van der Waals surface area contributed by atoms with Crippen LogP contribution in [0.1, 0.15) is 81.1 Å². The number of phosphoric acid groups is 1. The van der Waals surface area contributed by atoms with Gasteiger partial charge in [0.1, 0.15) is 18.4 Å². The number of ketones is 2. The zero-order chi connectivity index (χ0) is 46.4. The van der Waals surface area contributed by atoms with Crippen LogP contribution in [0.4, 0.5) is 5.69 Å². The molecule has 21 heteroatoms. The van der Waals surface area contributed by atoms with Crippen LogP contribution in [-0.2, 0) is 60.4 Å². The summed E-state index contributed by atoms with van der Waals surface area (Å²) in [6.07, 6.45) is 4.70. The monoisotopic (exact) mass is 975 g/mol. The van der Waals surface area contributed by atoms with E-state index in [0.717, 1.165) is 5.57 Å². The third-order valence-electron chi connectivity index (χ3n) is 13.8. The number of hydrogen-bond acceptors (Lipinski definition) is 13. The summed E-state index contributed by atoms with van der Waals surface area (Å²) >= 11 is 2.97. The van der Waals surface area contributed by atoms with E-state index in [1.807, 2.05) is 19.9 Å². The van der Waals surface area contributed by atoms with Crippen LogP contribution in [0.3, 0.4) is 0 Å². The molecule has 1 aromatic carbocycles. The molecule has 1 saturated heterocycles. The molecule has 1 aliphatic heterocycles. The van der Waals surface area contributed by atoms with E-state index < -0.39 is 104 Å². The van der Waals surface area contributed by atoms with Crippen LogP contribution in [0.25, 0.3) is 0 Å². The molecule has 4 fully saturated rings. The van der Waals surface area contributed by atoms with Crippen LogP contribution in [0, 0.1) is 28.6 Å². The Bertz CT molecular complexity index is 2330. The lowest BCUT2D eigenvalue weighted by atomic mass is 9.46. The van der Waals surface area contributed by atoms with Gasteiger partial charge in [0, 0.05) is 46.4 Å². The molecular formula is C43H51BrN3O16P. The zero-order valence-corrected chi connectivity index (χ0v) is 37.5. The molecule has 0 unspecified atom stereocenters. The number of Topliss-reactive ketones (excluding diaryl/α,β-unsaturated/α-hetero) is 1. The van der Waals surface area contributed by atoms with Crippen molar-refractivity contribution in [2.75, 3.05) is 23.8 Å². The van der Waals surface area contributed by atoms with Gasteiger partial charge in [-0.3, -0.25) is 33.3 Å². The molecule has 3 saturated carbocycles. The highest BCUT2D eigenvalue weighted by atomic mass is 79.9. The van der Waals surface area contributed by atoms with Gasteiger partial charge in [0.15, 0.2) is 23.5 Å². The van der Waals surface area contributed by atoms with Gasteiger partial charge in [0.25, 0.3) is 0 Å². The molecule has 4 aliphatic carbocycles. The first-order valence-electron chi connectivity index (χ1n) is 20.8. The molecule has 2 heterocycles. The molecule has 0 spiro atoms. The fourth-order valence-corrected chi connectivity index (χ4v) is 11.5. The van der Waals surface area contributed by atoms with Crippen molar-refractivity contribution in [1.29, 1.82) is 0 Å². The third-order valence-corrected chi connectivity index (χ3v) is 14.8. The number of furan rings is 1. The van der Waals surface area contributed by atoms with Crippen LogP contribution in [0.5, 0.6) is 0 Å². The maximum atomic E-state index is 14.4. The molecule has 8 N–H and O–H groups in total. The number of carbonyl (C=O) groups excluding carboxylic acids is 5. The summed E-state index contributed by atoms with van der Waals surface area (Å²) < 4.78 is 35.7.